The van der Waals surface area contributed by atoms with Gasteiger partial charge in [-0.1, -0.05) is 32.0 Å². The third-order valence-electron chi connectivity index (χ3n) is 5.74. The summed E-state index contributed by atoms with van der Waals surface area (Å²) in [7, 11) is 3.06. The highest BCUT2D eigenvalue weighted by Crippen LogP contribution is 2.37. The summed E-state index contributed by atoms with van der Waals surface area (Å²) >= 11 is 3.50. The molecule has 3 rings (SSSR count). The Balaban J connectivity index is 1.66. The predicted molar refractivity (Wildman–Crippen MR) is 151 cm³/mol. The third kappa shape index (κ3) is 7.82. The Morgan fingerprint density at radius 2 is 1.79 bits per heavy atom. The number of nitrogens with one attached hydrogen (secondary N) is 2. The Kier molecular flexibility index (Phi) is 10.5. The van der Waals surface area contributed by atoms with Gasteiger partial charge in [0.2, 0.25) is 0 Å². The molecular formula is C29H29BrN4O5. The van der Waals surface area contributed by atoms with Crippen molar-refractivity contribution < 1.29 is 23.8 Å². The molecule has 9 nitrogen and oxygen atoms in total. The average molecular weight is 593 g/mol. The first-order valence-corrected chi connectivity index (χ1v) is 12.8. The molecule has 0 bridgehead atoms. The zero-order valence-corrected chi connectivity index (χ0v) is 23.6. The van der Waals surface area contributed by atoms with Crippen LogP contribution >= 0.6 is 15.9 Å². The minimum absolute atomic E-state index is 0.181. The summed E-state index contributed by atoms with van der Waals surface area (Å²) in [5, 5.41) is 16.1. The zero-order valence-electron chi connectivity index (χ0n) is 22.0. The van der Waals surface area contributed by atoms with Gasteiger partial charge in [0, 0.05) is 11.1 Å². The van der Waals surface area contributed by atoms with Crippen LogP contribution in [0.5, 0.6) is 17.2 Å². The van der Waals surface area contributed by atoms with Gasteiger partial charge in [-0.15, -0.1) is 0 Å². The second-order valence-electron chi connectivity index (χ2n) is 8.75. The number of methoxy groups -OCH3 is 2. The second kappa shape index (κ2) is 14.0. The number of ether oxygens (including phenoxy) is 3. The number of carbonyl (C=O) groups is 2. The SMILES string of the molecule is COc1ccc(C(=O)NC(C(=O)NN=Cc2cc(Br)c(OCc3ccccc3C#N)c(OC)c2)C(C)C)cc1. The third-order valence-corrected chi connectivity index (χ3v) is 6.33. The van der Waals surface area contributed by atoms with Crippen LogP contribution < -0.4 is 25.0 Å². The topological polar surface area (TPSA) is 122 Å². The normalized spacial score (nSPS) is 11.5. The molecule has 3 aromatic carbocycles. The quantitative estimate of drug-likeness (QED) is 0.243. The number of nitrogens with zero attached hydrogens (tertiary/aromatic N) is 2. The van der Waals surface area contributed by atoms with Gasteiger partial charge in [0.25, 0.3) is 11.8 Å². The molecule has 10 heteroatoms. The molecule has 3 aromatic rings. The molecule has 1 unspecified atom stereocenters. The lowest BCUT2D eigenvalue weighted by Gasteiger charge is -2.20. The van der Waals surface area contributed by atoms with E-state index in [1.165, 1.54) is 13.3 Å². The number of rotatable bonds is 11. The van der Waals surface area contributed by atoms with E-state index in [1.54, 1.807) is 55.6 Å². The molecule has 0 aliphatic rings. The van der Waals surface area contributed by atoms with Crippen molar-refractivity contribution in [2.45, 2.75) is 26.5 Å². The fourth-order valence-corrected chi connectivity index (χ4v) is 4.18. The van der Waals surface area contributed by atoms with Crippen LogP contribution in [0, 0.1) is 17.2 Å². The van der Waals surface area contributed by atoms with Crippen LogP contribution in [0.2, 0.25) is 0 Å². The first-order chi connectivity index (χ1) is 18.8. The van der Waals surface area contributed by atoms with Gasteiger partial charge in [-0.05, 0) is 69.9 Å². The number of hydrogen-bond donors (Lipinski definition) is 2. The van der Waals surface area contributed by atoms with Crippen LogP contribution in [-0.4, -0.2) is 38.3 Å². The Hall–Kier alpha value is -4.36. The Bertz CT molecular complexity index is 1380. The summed E-state index contributed by atoms with van der Waals surface area (Å²) in [6.45, 7) is 3.84. The van der Waals surface area contributed by atoms with Gasteiger partial charge in [-0.3, -0.25) is 9.59 Å². The van der Waals surface area contributed by atoms with Crippen molar-refractivity contribution in [2.75, 3.05) is 14.2 Å². The molecular weight excluding hydrogens is 564 g/mol. The molecule has 0 aliphatic carbocycles. The molecule has 1 atom stereocenters. The lowest BCUT2D eigenvalue weighted by molar-refractivity contribution is -0.123. The maximum Gasteiger partial charge on any atom is 0.262 e. The zero-order chi connectivity index (χ0) is 28.4. The van der Waals surface area contributed by atoms with E-state index in [9.17, 15) is 14.9 Å². The Morgan fingerprint density at radius 1 is 1.08 bits per heavy atom. The van der Waals surface area contributed by atoms with E-state index in [0.717, 1.165) is 5.56 Å². The largest absolute Gasteiger partial charge is 0.497 e. The average Bonchev–Trinajstić information content (AvgIpc) is 2.94. The molecule has 0 spiro atoms. The van der Waals surface area contributed by atoms with Crippen molar-refractivity contribution in [1.29, 1.82) is 5.26 Å². The number of hydrazone groups is 1. The highest BCUT2D eigenvalue weighted by molar-refractivity contribution is 9.10. The Labute approximate surface area is 235 Å². The molecule has 0 saturated carbocycles. The van der Waals surface area contributed by atoms with Crippen LogP contribution in [0.4, 0.5) is 0 Å². The van der Waals surface area contributed by atoms with Crippen LogP contribution in [0.15, 0.2) is 70.2 Å². The van der Waals surface area contributed by atoms with Gasteiger partial charge in [-0.2, -0.15) is 10.4 Å². The molecule has 0 fully saturated rings. The van der Waals surface area contributed by atoms with E-state index in [2.05, 4.69) is 37.8 Å². The smallest absolute Gasteiger partial charge is 0.262 e. The predicted octanol–water partition coefficient (Wildman–Crippen LogP) is 4.82. The van der Waals surface area contributed by atoms with Gasteiger partial charge in [0.15, 0.2) is 11.5 Å². The van der Waals surface area contributed by atoms with Crippen LogP contribution in [0.1, 0.15) is 40.9 Å². The van der Waals surface area contributed by atoms with Crippen molar-refractivity contribution in [3.8, 4) is 23.3 Å². The molecule has 39 heavy (non-hydrogen) atoms. The summed E-state index contributed by atoms with van der Waals surface area (Å²) in [5.41, 5.74) is 4.82. The van der Waals surface area contributed by atoms with Crippen molar-refractivity contribution in [3.63, 3.8) is 0 Å². The van der Waals surface area contributed by atoms with Gasteiger partial charge < -0.3 is 19.5 Å². The van der Waals surface area contributed by atoms with Crippen molar-refractivity contribution in [2.24, 2.45) is 11.0 Å². The second-order valence-corrected chi connectivity index (χ2v) is 9.60. The van der Waals surface area contributed by atoms with E-state index in [-0.39, 0.29) is 18.4 Å². The molecule has 0 radical (unpaired) electrons. The number of carbonyl (C=O) groups excluding carboxylic acids is 2. The summed E-state index contributed by atoms with van der Waals surface area (Å²) < 4.78 is 17.2. The maximum absolute atomic E-state index is 12.8. The molecule has 202 valence electrons. The minimum atomic E-state index is -0.801. The van der Waals surface area contributed by atoms with E-state index in [4.69, 9.17) is 14.2 Å². The fraction of sp³-hybridized carbons (Fsp3) is 0.241. The van der Waals surface area contributed by atoms with E-state index >= 15 is 0 Å². The summed E-state index contributed by atoms with van der Waals surface area (Å²) in [6.07, 6.45) is 1.46. The molecule has 0 saturated heterocycles. The monoisotopic (exact) mass is 592 g/mol. The van der Waals surface area contributed by atoms with E-state index < -0.39 is 11.9 Å². The number of benzene rings is 3. The molecule has 2 amide bonds. The first-order valence-electron chi connectivity index (χ1n) is 12.0. The summed E-state index contributed by atoms with van der Waals surface area (Å²) in [4.78, 5) is 25.5. The van der Waals surface area contributed by atoms with Crippen LogP contribution in [0.25, 0.3) is 0 Å². The highest BCUT2D eigenvalue weighted by atomic mass is 79.9. The standard InChI is InChI=1S/C29H29BrN4O5/c1-18(2)26(33-28(35)20-9-11-23(37-3)12-10-20)29(36)34-32-16-19-13-24(30)27(25(14-19)38-4)39-17-22-8-6-5-7-21(22)15-31/h5-14,16,18,26H,17H2,1-4H3,(H,33,35)(H,34,36). The molecule has 2 N–H and O–H groups in total. The fourth-order valence-electron chi connectivity index (χ4n) is 3.60. The molecule has 0 aliphatic heterocycles. The number of halogens is 1. The van der Waals surface area contributed by atoms with Crippen molar-refractivity contribution >= 4 is 34.0 Å². The number of amides is 2. The molecule has 0 heterocycles. The van der Waals surface area contributed by atoms with Gasteiger partial charge in [0.1, 0.15) is 18.4 Å². The lowest BCUT2D eigenvalue weighted by Crippen LogP contribution is -2.48. The van der Waals surface area contributed by atoms with Crippen LogP contribution in [-0.2, 0) is 11.4 Å². The maximum atomic E-state index is 12.8. The van der Waals surface area contributed by atoms with Crippen LogP contribution in [0.3, 0.4) is 0 Å². The number of hydrogen-bond acceptors (Lipinski definition) is 7. The first kappa shape index (κ1) is 29.2. The van der Waals surface area contributed by atoms with Gasteiger partial charge in [0.05, 0.1) is 36.5 Å². The summed E-state index contributed by atoms with van der Waals surface area (Å²) in [6, 6.07) is 18.6. The van der Waals surface area contributed by atoms with E-state index in [1.807, 2.05) is 26.0 Å². The van der Waals surface area contributed by atoms with Gasteiger partial charge in [-0.25, -0.2) is 5.43 Å². The highest BCUT2D eigenvalue weighted by Gasteiger charge is 2.24. The number of nitriles is 1. The summed E-state index contributed by atoms with van der Waals surface area (Å²) in [5.74, 6) is 0.527. The van der Waals surface area contributed by atoms with Gasteiger partial charge >= 0.3 is 0 Å². The van der Waals surface area contributed by atoms with Crippen molar-refractivity contribution in [1.82, 2.24) is 10.7 Å². The van der Waals surface area contributed by atoms with E-state index in [0.29, 0.717) is 38.4 Å². The van der Waals surface area contributed by atoms with Crippen molar-refractivity contribution in [3.05, 3.63) is 87.4 Å². The Morgan fingerprint density at radius 3 is 2.44 bits per heavy atom. The minimum Gasteiger partial charge on any atom is -0.497 e. The lowest BCUT2D eigenvalue weighted by atomic mass is 10.0. The molecule has 0 aromatic heterocycles.